The van der Waals surface area contributed by atoms with Gasteiger partial charge < -0.3 is 14.5 Å². The number of furan rings is 1. The second-order valence-corrected chi connectivity index (χ2v) is 7.50. The first-order valence-corrected chi connectivity index (χ1v) is 9.62. The first kappa shape index (κ1) is 16.9. The van der Waals surface area contributed by atoms with E-state index in [4.69, 9.17) is 9.15 Å². The molecule has 1 aliphatic rings. The van der Waals surface area contributed by atoms with Gasteiger partial charge in [0.2, 0.25) is 11.0 Å². The number of nitrogens with zero attached hydrogens (tertiary/aromatic N) is 3. The summed E-state index contributed by atoms with van der Waals surface area (Å²) >= 11 is 1.55. The molecule has 0 saturated heterocycles. The number of hydrogen-bond donors (Lipinski definition) is 1. The van der Waals surface area contributed by atoms with E-state index in [-0.39, 0.29) is 0 Å². The number of fused-ring (bicyclic) bond motifs is 3. The fourth-order valence-corrected chi connectivity index (χ4v) is 3.48. The van der Waals surface area contributed by atoms with Crippen molar-refractivity contribution in [2.75, 3.05) is 11.1 Å². The summed E-state index contributed by atoms with van der Waals surface area (Å²) in [7, 11) is 0. The normalized spacial score (nSPS) is 18.2. The zero-order chi connectivity index (χ0) is 18.0. The summed E-state index contributed by atoms with van der Waals surface area (Å²) in [4.78, 5) is 4.61. The highest BCUT2D eigenvalue weighted by Crippen LogP contribution is 2.39. The standard InChI is InChI=1S/C19H20N4O2S/c1-3-26-18-20-17-16(22-23-18)14-8-4-5-9-15(14)21-19(2,25-17)11-10-13-7-6-12-24-13/h4-9,12,21H,3,10-11H2,1-2H3. The molecule has 0 radical (unpaired) electrons. The molecular formula is C19H20N4O2S. The SMILES string of the molecule is CCSc1nnc2c(n1)OC(C)(CCc1ccco1)Nc1ccccc1-2. The molecule has 1 N–H and O–H groups in total. The molecule has 2 aromatic heterocycles. The van der Waals surface area contributed by atoms with Gasteiger partial charge in [0, 0.05) is 24.1 Å². The lowest BCUT2D eigenvalue weighted by Gasteiger charge is -2.30. The average molecular weight is 368 g/mol. The fourth-order valence-electron chi connectivity index (χ4n) is 2.98. The second-order valence-electron chi connectivity index (χ2n) is 6.26. The molecule has 3 heterocycles. The highest BCUT2D eigenvalue weighted by molar-refractivity contribution is 7.99. The highest BCUT2D eigenvalue weighted by Gasteiger charge is 2.33. The number of anilines is 1. The van der Waals surface area contributed by atoms with Crippen molar-refractivity contribution < 1.29 is 9.15 Å². The summed E-state index contributed by atoms with van der Waals surface area (Å²) < 4.78 is 11.8. The van der Waals surface area contributed by atoms with Gasteiger partial charge in [-0.15, -0.1) is 10.2 Å². The Kier molecular flexibility index (Phi) is 4.55. The van der Waals surface area contributed by atoms with Crippen LogP contribution in [-0.2, 0) is 6.42 Å². The molecule has 6 nitrogen and oxygen atoms in total. The number of thioether (sulfide) groups is 1. The van der Waals surface area contributed by atoms with E-state index in [0.717, 1.165) is 29.2 Å². The van der Waals surface area contributed by atoms with Crippen molar-refractivity contribution in [2.24, 2.45) is 0 Å². The molecule has 3 aromatic rings. The number of benzene rings is 1. The molecule has 1 atom stereocenters. The minimum atomic E-state index is -0.641. The maximum atomic E-state index is 6.33. The number of ether oxygens (including phenoxy) is 1. The van der Waals surface area contributed by atoms with E-state index in [2.05, 4.69) is 27.4 Å². The first-order valence-electron chi connectivity index (χ1n) is 8.63. The van der Waals surface area contributed by atoms with Crippen molar-refractivity contribution >= 4 is 17.4 Å². The Morgan fingerprint density at radius 2 is 2.04 bits per heavy atom. The van der Waals surface area contributed by atoms with Crippen LogP contribution in [0.1, 0.15) is 26.0 Å². The Labute approximate surface area is 156 Å². The van der Waals surface area contributed by atoms with Crippen LogP contribution < -0.4 is 10.1 Å². The van der Waals surface area contributed by atoms with Crippen molar-refractivity contribution in [3.63, 3.8) is 0 Å². The molecule has 0 saturated carbocycles. The van der Waals surface area contributed by atoms with E-state index in [1.165, 1.54) is 0 Å². The third-order valence-electron chi connectivity index (χ3n) is 4.24. The number of rotatable bonds is 5. The second kappa shape index (κ2) is 6.99. The van der Waals surface area contributed by atoms with Gasteiger partial charge in [0.05, 0.1) is 6.26 Å². The molecule has 0 spiro atoms. The Morgan fingerprint density at radius 3 is 2.85 bits per heavy atom. The summed E-state index contributed by atoms with van der Waals surface area (Å²) in [6, 6.07) is 11.9. The monoisotopic (exact) mass is 368 g/mol. The Bertz CT molecular complexity index is 900. The van der Waals surface area contributed by atoms with Gasteiger partial charge in [-0.1, -0.05) is 36.9 Å². The zero-order valence-corrected chi connectivity index (χ0v) is 15.5. The summed E-state index contributed by atoms with van der Waals surface area (Å²) in [5.74, 6) is 2.32. The van der Waals surface area contributed by atoms with Crippen molar-refractivity contribution in [1.29, 1.82) is 0 Å². The van der Waals surface area contributed by atoms with E-state index in [9.17, 15) is 0 Å². The lowest BCUT2D eigenvalue weighted by atomic mass is 10.1. The van der Waals surface area contributed by atoms with Crippen molar-refractivity contribution in [3.05, 3.63) is 48.4 Å². The first-order chi connectivity index (χ1) is 12.7. The molecular weight excluding hydrogens is 348 g/mol. The van der Waals surface area contributed by atoms with Crippen molar-refractivity contribution in [3.8, 4) is 17.1 Å². The maximum absolute atomic E-state index is 6.33. The molecule has 134 valence electrons. The van der Waals surface area contributed by atoms with Crippen molar-refractivity contribution in [2.45, 2.75) is 37.6 Å². The van der Waals surface area contributed by atoms with E-state index in [1.807, 2.05) is 43.3 Å². The Balaban J connectivity index is 1.72. The lowest BCUT2D eigenvalue weighted by Crippen LogP contribution is -2.41. The summed E-state index contributed by atoms with van der Waals surface area (Å²) in [6.45, 7) is 4.08. The third-order valence-corrected chi connectivity index (χ3v) is 4.96. The van der Waals surface area contributed by atoms with Gasteiger partial charge in [0.25, 0.3) is 0 Å². The van der Waals surface area contributed by atoms with E-state index >= 15 is 0 Å². The Hall–Kier alpha value is -2.54. The van der Waals surface area contributed by atoms with Crippen LogP contribution >= 0.6 is 11.8 Å². The molecule has 0 aliphatic carbocycles. The minimum Gasteiger partial charge on any atom is -0.469 e. The van der Waals surface area contributed by atoms with Crippen LogP contribution in [0.4, 0.5) is 5.69 Å². The lowest BCUT2D eigenvalue weighted by molar-refractivity contribution is 0.102. The quantitative estimate of drug-likeness (QED) is 0.669. The van der Waals surface area contributed by atoms with Crippen LogP contribution in [0.2, 0.25) is 0 Å². The number of aryl methyl sites for hydroxylation is 1. The third kappa shape index (κ3) is 3.39. The predicted molar refractivity (Wildman–Crippen MR) is 101 cm³/mol. The van der Waals surface area contributed by atoms with Crippen LogP contribution in [0.15, 0.2) is 52.2 Å². The molecule has 1 aromatic carbocycles. The predicted octanol–water partition coefficient (Wildman–Crippen LogP) is 4.40. The molecule has 7 heteroatoms. The highest BCUT2D eigenvalue weighted by atomic mass is 32.2. The van der Waals surface area contributed by atoms with Crippen LogP contribution in [0.3, 0.4) is 0 Å². The van der Waals surface area contributed by atoms with Gasteiger partial charge in [-0.05, 0) is 30.9 Å². The smallest absolute Gasteiger partial charge is 0.247 e. The van der Waals surface area contributed by atoms with Gasteiger partial charge in [0.15, 0.2) is 11.4 Å². The van der Waals surface area contributed by atoms with Gasteiger partial charge in [-0.3, -0.25) is 0 Å². The number of hydrogen-bond acceptors (Lipinski definition) is 7. The average Bonchev–Trinajstić information content (AvgIpc) is 3.11. The number of aromatic nitrogens is 3. The summed E-state index contributed by atoms with van der Waals surface area (Å²) in [6.07, 6.45) is 3.16. The van der Waals surface area contributed by atoms with E-state index in [0.29, 0.717) is 23.2 Å². The topological polar surface area (TPSA) is 73.1 Å². The maximum Gasteiger partial charge on any atom is 0.247 e. The Morgan fingerprint density at radius 1 is 1.15 bits per heavy atom. The molecule has 0 fully saturated rings. The van der Waals surface area contributed by atoms with E-state index in [1.54, 1.807) is 18.0 Å². The number of nitrogens with one attached hydrogen (secondary N) is 1. The largest absolute Gasteiger partial charge is 0.469 e. The van der Waals surface area contributed by atoms with Crippen LogP contribution in [0, 0.1) is 0 Å². The molecule has 1 unspecified atom stereocenters. The van der Waals surface area contributed by atoms with Gasteiger partial charge in [-0.25, -0.2) is 0 Å². The van der Waals surface area contributed by atoms with Gasteiger partial charge >= 0.3 is 0 Å². The molecule has 4 rings (SSSR count). The molecule has 0 amide bonds. The molecule has 26 heavy (non-hydrogen) atoms. The molecule has 0 bridgehead atoms. The van der Waals surface area contributed by atoms with Crippen molar-refractivity contribution in [1.82, 2.24) is 15.2 Å². The fraction of sp³-hybridized carbons (Fsp3) is 0.316. The summed E-state index contributed by atoms with van der Waals surface area (Å²) in [5, 5.41) is 12.8. The van der Waals surface area contributed by atoms with Crippen LogP contribution in [0.25, 0.3) is 11.3 Å². The molecule has 1 aliphatic heterocycles. The summed E-state index contributed by atoms with van der Waals surface area (Å²) in [5.41, 5.74) is 1.92. The van der Waals surface area contributed by atoms with Crippen LogP contribution in [0.5, 0.6) is 5.88 Å². The van der Waals surface area contributed by atoms with E-state index < -0.39 is 5.72 Å². The zero-order valence-electron chi connectivity index (χ0n) is 14.7. The van der Waals surface area contributed by atoms with Gasteiger partial charge in [0.1, 0.15) is 5.76 Å². The number of para-hydroxylation sites is 1. The van der Waals surface area contributed by atoms with Crippen LogP contribution in [-0.4, -0.2) is 26.7 Å². The van der Waals surface area contributed by atoms with Gasteiger partial charge in [-0.2, -0.15) is 4.98 Å². The minimum absolute atomic E-state index is 0.510.